The molecule has 6 nitrogen and oxygen atoms in total. The summed E-state index contributed by atoms with van der Waals surface area (Å²) in [5.41, 5.74) is 2.30. The van der Waals surface area contributed by atoms with Gasteiger partial charge in [0, 0.05) is 41.8 Å². The van der Waals surface area contributed by atoms with E-state index in [0.29, 0.717) is 11.8 Å². The maximum atomic E-state index is 12.4. The van der Waals surface area contributed by atoms with Crippen LogP contribution in [0.5, 0.6) is 0 Å². The smallest absolute Gasteiger partial charge is 0.230 e. The van der Waals surface area contributed by atoms with Crippen molar-refractivity contribution in [2.75, 3.05) is 5.75 Å². The number of para-hydroxylation sites is 1. The molecule has 0 radical (unpaired) electrons. The lowest BCUT2D eigenvalue weighted by Crippen LogP contribution is -2.37. The highest BCUT2D eigenvalue weighted by Crippen LogP contribution is 2.31. The van der Waals surface area contributed by atoms with Crippen molar-refractivity contribution < 1.29 is 4.79 Å². The lowest BCUT2D eigenvalue weighted by Gasteiger charge is -2.22. The number of nitrogens with one attached hydrogen (secondary N) is 1. The van der Waals surface area contributed by atoms with Crippen LogP contribution in [0.1, 0.15) is 46.0 Å². The van der Waals surface area contributed by atoms with Crippen molar-refractivity contribution >= 4 is 28.6 Å². The summed E-state index contributed by atoms with van der Waals surface area (Å²) in [4.78, 5) is 12.4. The maximum Gasteiger partial charge on any atom is 0.230 e. The normalized spacial score (nSPS) is 15.1. The number of carbonyl (C=O) groups excluding carboxylic acids is 1. The number of aryl methyl sites for hydroxylation is 1. The molecule has 0 saturated heterocycles. The zero-order valence-corrected chi connectivity index (χ0v) is 18.0. The predicted octanol–water partition coefficient (Wildman–Crippen LogP) is 4.48. The average Bonchev–Trinajstić information content (AvgIpc) is 3.33. The number of hydrogen-bond acceptors (Lipinski definition) is 4. The molecule has 1 aliphatic rings. The maximum absolute atomic E-state index is 12.4. The van der Waals surface area contributed by atoms with Gasteiger partial charge in [0.25, 0.3) is 0 Å². The highest BCUT2D eigenvalue weighted by Gasteiger charge is 2.20. The Morgan fingerprint density at radius 2 is 1.93 bits per heavy atom. The molecule has 1 fully saturated rings. The van der Waals surface area contributed by atoms with Crippen LogP contribution in [0.3, 0.4) is 0 Å². The van der Waals surface area contributed by atoms with Gasteiger partial charge in [-0.25, -0.2) is 0 Å². The van der Waals surface area contributed by atoms with Crippen LogP contribution in [0.4, 0.5) is 0 Å². The second-order valence-electron chi connectivity index (χ2n) is 7.59. The molecular formula is C22H29N5OS. The monoisotopic (exact) mass is 411 g/mol. The number of hydrogen-bond donors (Lipinski definition) is 1. The fourth-order valence-electron chi connectivity index (χ4n) is 4.21. The number of fused-ring (bicyclic) bond motifs is 1. The molecule has 1 amide bonds. The quantitative estimate of drug-likeness (QED) is 0.582. The van der Waals surface area contributed by atoms with Crippen molar-refractivity contribution in [2.45, 2.75) is 70.2 Å². The number of rotatable bonds is 7. The van der Waals surface area contributed by atoms with Crippen molar-refractivity contribution in [1.82, 2.24) is 24.6 Å². The summed E-state index contributed by atoms with van der Waals surface area (Å²) < 4.78 is 4.35. The molecule has 4 rings (SSSR count). The molecule has 1 aliphatic carbocycles. The summed E-state index contributed by atoms with van der Waals surface area (Å²) in [6.45, 7) is 5.91. The third-order valence-electron chi connectivity index (χ3n) is 5.71. The van der Waals surface area contributed by atoms with E-state index in [2.05, 4.69) is 69.0 Å². The van der Waals surface area contributed by atoms with E-state index in [9.17, 15) is 4.79 Å². The molecule has 0 atom stereocenters. The molecule has 154 valence electrons. The van der Waals surface area contributed by atoms with E-state index in [1.807, 2.05) is 0 Å². The van der Waals surface area contributed by atoms with Gasteiger partial charge in [-0.3, -0.25) is 4.79 Å². The summed E-state index contributed by atoms with van der Waals surface area (Å²) in [7, 11) is 0. The summed E-state index contributed by atoms with van der Waals surface area (Å²) in [6.07, 6.45) is 8.09. The lowest BCUT2D eigenvalue weighted by molar-refractivity contribution is -0.119. The Kier molecular flexibility index (Phi) is 6.23. The van der Waals surface area contributed by atoms with E-state index in [-0.39, 0.29) is 5.91 Å². The Morgan fingerprint density at radius 3 is 2.69 bits per heavy atom. The van der Waals surface area contributed by atoms with Crippen LogP contribution in [-0.2, 0) is 17.9 Å². The largest absolute Gasteiger partial charge is 0.353 e. The van der Waals surface area contributed by atoms with Gasteiger partial charge in [0.2, 0.25) is 5.91 Å². The van der Waals surface area contributed by atoms with Gasteiger partial charge in [-0.15, -0.1) is 10.2 Å². The summed E-state index contributed by atoms with van der Waals surface area (Å²) in [5, 5.41) is 14.1. The van der Waals surface area contributed by atoms with Crippen LogP contribution in [-0.4, -0.2) is 37.0 Å². The van der Waals surface area contributed by atoms with Gasteiger partial charge in [0.15, 0.2) is 11.0 Å². The van der Waals surface area contributed by atoms with Gasteiger partial charge < -0.3 is 14.5 Å². The van der Waals surface area contributed by atoms with E-state index in [1.165, 1.54) is 41.9 Å². The molecule has 0 spiro atoms. The minimum Gasteiger partial charge on any atom is -0.353 e. The molecule has 7 heteroatoms. The van der Waals surface area contributed by atoms with Crippen molar-refractivity contribution in [2.24, 2.45) is 0 Å². The SMILES string of the molecule is CCn1c(SCC(=O)NC2CCCCC2)nnc1-c1cn(CC)c2ccccc12. The van der Waals surface area contributed by atoms with Crippen LogP contribution >= 0.6 is 11.8 Å². The molecule has 29 heavy (non-hydrogen) atoms. The van der Waals surface area contributed by atoms with Crippen molar-refractivity contribution in [3.05, 3.63) is 30.5 Å². The van der Waals surface area contributed by atoms with Gasteiger partial charge in [0.1, 0.15) is 0 Å². The molecule has 2 aromatic heterocycles. The van der Waals surface area contributed by atoms with E-state index in [4.69, 9.17) is 0 Å². The summed E-state index contributed by atoms with van der Waals surface area (Å²) in [5.74, 6) is 1.34. The zero-order valence-electron chi connectivity index (χ0n) is 17.2. The topological polar surface area (TPSA) is 64.7 Å². The van der Waals surface area contributed by atoms with E-state index >= 15 is 0 Å². The fraction of sp³-hybridized carbons (Fsp3) is 0.500. The highest BCUT2D eigenvalue weighted by molar-refractivity contribution is 7.99. The molecule has 0 bridgehead atoms. The number of carbonyl (C=O) groups is 1. The van der Waals surface area contributed by atoms with E-state index in [0.717, 1.165) is 42.5 Å². The Labute approximate surface area is 176 Å². The van der Waals surface area contributed by atoms with Gasteiger partial charge in [0.05, 0.1) is 5.75 Å². The molecule has 0 aliphatic heterocycles. The fourth-order valence-corrected chi connectivity index (χ4v) is 5.03. The third-order valence-corrected chi connectivity index (χ3v) is 6.67. The average molecular weight is 412 g/mol. The third kappa shape index (κ3) is 4.20. The highest BCUT2D eigenvalue weighted by atomic mass is 32.2. The Morgan fingerprint density at radius 1 is 1.14 bits per heavy atom. The summed E-state index contributed by atoms with van der Waals surface area (Å²) in [6, 6.07) is 8.74. The van der Waals surface area contributed by atoms with Gasteiger partial charge >= 0.3 is 0 Å². The van der Waals surface area contributed by atoms with Crippen LogP contribution < -0.4 is 5.32 Å². The molecular weight excluding hydrogens is 382 g/mol. The second-order valence-corrected chi connectivity index (χ2v) is 8.53. The number of nitrogens with zero attached hydrogens (tertiary/aromatic N) is 4. The van der Waals surface area contributed by atoms with Crippen molar-refractivity contribution in [3.63, 3.8) is 0 Å². The number of thioether (sulfide) groups is 1. The molecule has 0 unspecified atom stereocenters. The Balaban J connectivity index is 1.52. The van der Waals surface area contributed by atoms with Gasteiger partial charge in [-0.1, -0.05) is 49.2 Å². The van der Waals surface area contributed by atoms with E-state index < -0.39 is 0 Å². The first-order valence-corrected chi connectivity index (χ1v) is 11.6. The van der Waals surface area contributed by atoms with Crippen molar-refractivity contribution in [1.29, 1.82) is 0 Å². The first kappa shape index (κ1) is 20.0. The zero-order chi connectivity index (χ0) is 20.2. The van der Waals surface area contributed by atoms with E-state index in [1.54, 1.807) is 0 Å². The molecule has 1 saturated carbocycles. The minimum atomic E-state index is 0.0942. The number of benzene rings is 1. The van der Waals surface area contributed by atoms with Crippen LogP contribution in [0.15, 0.2) is 35.6 Å². The molecule has 3 aromatic rings. The minimum absolute atomic E-state index is 0.0942. The summed E-state index contributed by atoms with van der Waals surface area (Å²) >= 11 is 1.47. The lowest BCUT2D eigenvalue weighted by atomic mass is 9.95. The van der Waals surface area contributed by atoms with Crippen LogP contribution in [0, 0.1) is 0 Å². The Hall–Kier alpha value is -2.28. The van der Waals surface area contributed by atoms with Crippen LogP contribution in [0.2, 0.25) is 0 Å². The standard InChI is InChI=1S/C22H29N5OS/c1-3-26-14-18(17-12-8-9-13-19(17)26)21-24-25-22(27(21)4-2)29-15-20(28)23-16-10-6-5-7-11-16/h8-9,12-14,16H,3-7,10-11,15H2,1-2H3,(H,23,28). The molecule has 1 aromatic carbocycles. The van der Waals surface area contributed by atoms with Gasteiger partial charge in [-0.2, -0.15) is 0 Å². The number of aromatic nitrogens is 4. The van der Waals surface area contributed by atoms with Gasteiger partial charge in [-0.05, 0) is 32.8 Å². The molecule has 1 N–H and O–H groups in total. The van der Waals surface area contributed by atoms with Crippen LogP contribution in [0.25, 0.3) is 22.3 Å². The Bertz CT molecular complexity index is 986. The second kappa shape index (κ2) is 9.03. The number of amides is 1. The first-order valence-electron chi connectivity index (χ1n) is 10.6. The predicted molar refractivity (Wildman–Crippen MR) is 118 cm³/mol. The van der Waals surface area contributed by atoms with Crippen molar-refractivity contribution in [3.8, 4) is 11.4 Å². The molecule has 2 heterocycles. The first-order chi connectivity index (χ1) is 14.2.